The molecule has 0 bridgehead atoms. The van der Waals surface area contributed by atoms with Gasteiger partial charge in [-0.15, -0.1) is 11.3 Å². The lowest BCUT2D eigenvalue weighted by Crippen LogP contribution is -2.12. The van der Waals surface area contributed by atoms with Gasteiger partial charge in [-0.05, 0) is 26.0 Å². The first kappa shape index (κ1) is 13.3. The molecule has 18 heavy (non-hydrogen) atoms. The number of aryl methyl sites for hydroxylation is 2. The third kappa shape index (κ3) is 2.63. The van der Waals surface area contributed by atoms with Crippen molar-refractivity contribution in [2.24, 2.45) is 5.73 Å². The number of thiocarbonyl (C=S) groups is 1. The van der Waals surface area contributed by atoms with Gasteiger partial charge in [-0.1, -0.05) is 29.9 Å². The summed E-state index contributed by atoms with van der Waals surface area (Å²) in [6, 6.07) is 5.49. The van der Waals surface area contributed by atoms with Gasteiger partial charge in [-0.2, -0.15) is 0 Å². The van der Waals surface area contributed by atoms with E-state index in [0.717, 1.165) is 16.5 Å². The summed E-state index contributed by atoms with van der Waals surface area (Å²) in [5.74, 6) is 0. The van der Waals surface area contributed by atoms with Gasteiger partial charge in [0.25, 0.3) is 0 Å². The number of anilines is 2. The van der Waals surface area contributed by atoms with E-state index in [4.69, 9.17) is 29.6 Å². The minimum Gasteiger partial charge on any atom is -0.389 e. The molecular formula is C12H12ClN3S2. The fraction of sp³-hybridized carbons (Fsp3) is 0.167. The van der Waals surface area contributed by atoms with E-state index >= 15 is 0 Å². The molecule has 3 nitrogen and oxygen atoms in total. The number of nitrogens with one attached hydrogen (secondary N) is 1. The van der Waals surface area contributed by atoms with Crippen LogP contribution >= 0.6 is 35.2 Å². The van der Waals surface area contributed by atoms with Crippen molar-refractivity contribution in [3.05, 3.63) is 39.4 Å². The largest absolute Gasteiger partial charge is 0.389 e. The molecule has 0 radical (unpaired) electrons. The van der Waals surface area contributed by atoms with Crippen LogP contribution in [0.25, 0.3) is 0 Å². The zero-order valence-electron chi connectivity index (χ0n) is 9.95. The Balaban J connectivity index is 2.40. The summed E-state index contributed by atoms with van der Waals surface area (Å²) in [6.45, 7) is 4.01. The molecule has 1 heterocycles. The molecular weight excluding hydrogens is 286 g/mol. The number of halogens is 1. The number of aromatic nitrogens is 1. The predicted octanol–water partition coefficient (Wildman–Crippen LogP) is 3.79. The Labute approximate surface area is 120 Å². The van der Waals surface area contributed by atoms with Crippen LogP contribution in [0.2, 0.25) is 5.02 Å². The third-order valence-corrected chi connectivity index (χ3v) is 4.04. The molecule has 6 heteroatoms. The Morgan fingerprint density at radius 3 is 2.72 bits per heavy atom. The highest BCUT2D eigenvalue weighted by Crippen LogP contribution is 2.29. The van der Waals surface area contributed by atoms with Crippen LogP contribution in [0.1, 0.15) is 16.1 Å². The lowest BCUT2D eigenvalue weighted by Gasteiger charge is -2.10. The molecule has 0 saturated carbocycles. The van der Waals surface area contributed by atoms with E-state index in [-0.39, 0.29) is 4.99 Å². The number of hydrogen-bond donors (Lipinski definition) is 2. The number of nitrogens with zero attached hydrogens (tertiary/aromatic N) is 1. The third-order valence-electron chi connectivity index (χ3n) is 2.53. The predicted molar refractivity (Wildman–Crippen MR) is 82.2 cm³/mol. The highest BCUT2D eigenvalue weighted by atomic mass is 35.5. The smallest absolute Gasteiger partial charge is 0.187 e. The maximum atomic E-state index is 6.10. The first-order chi connectivity index (χ1) is 8.49. The number of benzene rings is 1. The van der Waals surface area contributed by atoms with Crippen molar-refractivity contribution in [3.8, 4) is 0 Å². The quantitative estimate of drug-likeness (QED) is 0.846. The fourth-order valence-electron chi connectivity index (χ4n) is 1.52. The van der Waals surface area contributed by atoms with Crippen LogP contribution in [-0.4, -0.2) is 9.97 Å². The first-order valence-electron chi connectivity index (χ1n) is 5.28. The molecule has 0 spiro atoms. The normalized spacial score (nSPS) is 10.4. The summed E-state index contributed by atoms with van der Waals surface area (Å²) in [5, 5.41) is 4.56. The minimum absolute atomic E-state index is 0.271. The van der Waals surface area contributed by atoms with Crippen LogP contribution in [0.5, 0.6) is 0 Å². The molecule has 2 aromatic rings. The zero-order chi connectivity index (χ0) is 13.3. The Morgan fingerprint density at radius 2 is 2.17 bits per heavy atom. The average Bonchev–Trinajstić information content (AvgIpc) is 2.57. The highest BCUT2D eigenvalue weighted by molar-refractivity contribution is 7.80. The van der Waals surface area contributed by atoms with Crippen LogP contribution in [-0.2, 0) is 0 Å². The van der Waals surface area contributed by atoms with Crippen LogP contribution in [0, 0.1) is 13.8 Å². The van der Waals surface area contributed by atoms with Crippen LogP contribution in [0.4, 0.5) is 10.8 Å². The van der Waals surface area contributed by atoms with Crippen molar-refractivity contribution in [3.63, 3.8) is 0 Å². The zero-order valence-corrected chi connectivity index (χ0v) is 12.3. The molecule has 0 aliphatic carbocycles. The molecule has 0 aliphatic heterocycles. The van der Waals surface area contributed by atoms with E-state index in [1.54, 1.807) is 17.4 Å². The molecule has 1 aromatic carbocycles. The van der Waals surface area contributed by atoms with Crippen molar-refractivity contribution < 1.29 is 0 Å². The van der Waals surface area contributed by atoms with Crippen molar-refractivity contribution in [1.82, 2.24) is 4.98 Å². The van der Waals surface area contributed by atoms with E-state index < -0.39 is 0 Å². The topological polar surface area (TPSA) is 50.9 Å². The second-order valence-electron chi connectivity index (χ2n) is 3.81. The molecule has 3 N–H and O–H groups in total. The standard InChI is InChI=1S/C12H12ClN3S2/c1-6-7(2)18-12(15-6)16-9-5-3-4-8(13)10(9)11(14)17/h3-5H,1-2H3,(H2,14,17)(H,15,16). The summed E-state index contributed by atoms with van der Waals surface area (Å²) >= 11 is 12.7. The second-order valence-corrected chi connectivity index (χ2v) is 5.86. The van der Waals surface area contributed by atoms with Crippen molar-refractivity contribution in [1.29, 1.82) is 0 Å². The molecule has 0 aliphatic rings. The summed E-state index contributed by atoms with van der Waals surface area (Å²) in [7, 11) is 0. The highest BCUT2D eigenvalue weighted by Gasteiger charge is 2.11. The number of rotatable bonds is 3. The Kier molecular flexibility index (Phi) is 3.85. The van der Waals surface area contributed by atoms with Crippen molar-refractivity contribution in [2.75, 3.05) is 5.32 Å². The summed E-state index contributed by atoms with van der Waals surface area (Å²) in [6.07, 6.45) is 0. The maximum Gasteiger partial charge on any atom is 0.187 e. The number of hydrogen-bond acceptors (Lipinski definition) is 4. The van der Waals surface area contributed by atoms with E-state index in [1.165, 1.54) is 4.88 Å². The Hall–Kier alpha value is -1.17. The van der Waals surface area contributed by atoms with Gasteiger partial charge in [0.05, 0.1) is 22.0 Å². The van der Waals surface area contributed by atoms with Crippen LogP contribution < -0.4 is 11.1 Å². The van der Waals surface area contributed by atoms with Gasteiger partial charge < -0.3 is 11.1 Å². The SMILES string of the molecule is Cc1nc(Nc2cccc(Cl)c2C(N)=S)sc1C. The summed E-state index contributed by atoms with van der Waals surface area (Å²) in [4.78, 5) is 5.86. The second kappa shape index (κ2) is 5.22. The van der Waals surface area contributed by atoms with Gasteiger partial charge in [0.2, 0.25) is 0 Å². The maximum absolute atomic E-state index is 6.10. The fourth-order valence-corrected chi connectivity index (χ4v) is 2.90. The monoisotopic (exact) mass is 297 g/mol. The minimum atomic E-state index is 0.271. The number of nitrogens with two attached hydrogens (primary N) is 1. The average molecular weight is 298 g/mol. The lowest BCUT2D eigenvalue weighted by atomic mass is 10.2. The van der Waals surface area contributed by atoms with Crippen LogP contribution in [0.15, 0.2) is 18.2 Å². The molecule has 94 valence electrons. The van der Waals surface area contributed by atoms with Gasteiger partial charge in [0, 0.05) is 4.88 Å². The van der Waals surface area contributed by atoms with E-state index in [9.17, 15) is 0 Å². The molecule has 0 atom stereocenters. The molecule has 0 saturated heterocycles. The van der Waals surface area contributed by atoms with Gasteiger partial charge in [-0.3, -0.25) is 0 Å². The van der Waals surface area contributed by atoms with Crippen molar-refractivity contribution >= 4 is 51.0 Å². The Morgan fingerprint density at radius 1 is 1.44 bits per heavy atom. The van der Waals surface area contributed by atoms with Gasteiger partial charge in [0.1, 0.15) is 4.99 Å². The summed E-state index contributed by atoms with van der Waals surface area (Å²) in [5.41, 5.74) is 8.14. The summed E-state index contributed by atoms with van der Waals surface area (Å²) < 4.78 is 0. The van der Waals surface area contributed by atoms with Crippen molar-refractivity contribution in [2.45, 2.75) is 13.8 Å². The molecule has 1 aromatic heterocycles. The van der Waals surface area contributed by atoms with Crippen LogP contribution in [0.3, 0.4) is 0 Å². The molecule has 0 unspecified atom stereocenters. The molecule has 0 amide bonds. The number of thiazole rings is 1. The molecule has 2 rings (SSSR count). The molecule has 0 fully saturated rings. The Bertz CT molecular complexity index is 588. The van der Waals surface area contributed by atoms with E-state index in [0.29, 0.717) is 10.6 Å². The van der Waals surface area contributed by atoms with Gasteiger partial charge in [-0.25, -0.2) is 4.98 Å². The van der Waals surface area contributed by atoms with E-state index in [2.05, 4.69) is 10.3 Å². The van der Waals surface area contributed by atoms with E-state index in [1.807, 2.05) is 26.0 Å². The van der Waals surface area contributed by atoms with Gasteiger partial charge in [0.15, 0.2) is 5.13 Å². The first-order valence-corrected chi connectivity index (χ1v) is 6.88. The lowest BCUT2D eigenvalue weighted by molar-refractivity contribution is 1.23. The van der Waals surface area contributed by atoms with Gasteiger partial charge >= 0.3 is 0 Å².